The molecular formula is C20H28ClN5O3. The van der Waals surface area contributed by atoms with Crippen molar-refractivity contribution < 1.29 is 22.8 Å². The van der Waals surface area contributed by atoms with Crippen LogP contribution in [0, 0.1) is 0 Å². The lowest BCUT2D eigenvalue weighted by Crippen LogP contribution is -3.00. The van der Waals surface area contributed by atoms with Gasteiger partial charge in [0, 0.05) is 33.5 Å². The van der Waals surface area contributed by atoms with Gasteiger partial charge in [-0.3, -0.25) is 13.9 Å². The summed E-state index contributed by atoms with van der Waals surface area (Å²) >= 11 is 0. The van der Waals surface area contributed by atoms with E-state index in [9.17, 15) is 14.7 Å². The average Bonchev–Trinajstić information content (AvgIpc) is 3.09. The van der Waals surface area contributed by atoms with Gasteiger partial charge >= 0.3 is 5.69 Å². The second-order valence-electron chi connectivity index (χ2n) is 7.62. The molecule has 29 heavy (non-hydrogen) atoms. The number of aromatic nitrogens is 4. The van der Waals surface area contributed by atoms with Crippen LogP contribution in [0.1, 0.15) is 25.8 Å². The third kappa shape index (κ3) is 4.89. The van der Waals surface area contributed by atoms with Crippen LogP contribution in [0.15, 0.2) is 40.2 Å². The molecule has 3 rings (SSSR count). The van der Waals surface area contributed by atoms with Gasteiger partial charge in [-0.05, 0) is 31.5 Å². The fourth-order valence-corrected chi connectivity index (χ4v) is 3.64. The van der Waals surface area contributed by atoms with E-state index in [4.69, 9.17) is 0 Å². The lowest BCUT2D eigenvalue weighted by molar-refractivity contribution is -0.716. The first-order chi connectivity index (χ1) is 13.3. The van der Waals surface area contributed by atoms with Gasteiger partial charge in [-0.25, -0.2) is 9.78 Å². The molecule has 3 N–H and O–H groups in total. The van der Waals surface area contributed by atoms with Gasteiger partial charge in [0.05, 0.1) is 18.4 Å². The summed E-state index contributed by atoms with van der Waals surface area (Å²) < 4.78 is 4.37. The molecule has 0 spiro atoms. The summed E-state index contributed by atoms with van der Waals surface area (Å²) in [5, 5.41) is 11.7. The predicted molar refractivity (Wildman–Crippen MR) is 107 cm³/mol. The highest BCUT2D eigenvalue weighted by Gasteiger charge is 2.16. The molecule has 8 nitrogen and oxygen atoms in total. The maximum atomic E-state index is 12.5. The molecule has 0 saturated carbocycles. The van der Waals surface area contributed by atoms with E-state index in [-0.39, 0.29) is 29.4 Å². The predicted octanol–water partition coefficient (Wildman–Crippen LogP) is -2.88. The van der Waals surface area contributed by atoms with Crippen LogP contribution in [0.5, 0.6) is 5.75 Å². The van der Waals surface area contributed by atoms with Crippen LogP contribution < -0.4 is 29.0 Å². The van der Waals surface area contributed by atoms with E-state index in [0.717, 1.165) is 17.4 Å². The summed E-state index contributed by atoms with van der Waals surface area (Å²) in [5.74, 6) is 0.282. The fraction of sp³-hybridized carbons (Fsp3) is 0.450. The molecule has 2 atom stereocenters. The summed E-state index contributed by atoms with van der Waals surface area (Å²) in [6.07, 6.45) is 3.43. The van der Waals surface area contributed by atoms with E-state index in [1.54, 1.807) is 25.5 Å². The molecule has 0 saturated heterocycles. The van der Waals surface area contributed by atoms with E-state index in [2.05, 4.69) is 24.1 Å². The van der Waals surface area contributed by atoms with Crippen LogP contribution in [0.25, 0.3) is 11.2 Å². The van der Waals surface area contributed by atoms with E-state index in [1.807, 2.05) is 16.7 Å². The Morgan fingerprint density at radius 3 is 2.38 bits per heavy atom. The minimum Gasteiger partial charge on any atom is -1.00 e. The number of fused-ring (bicyclic) bond motifs is 1. The lowest BCUT2D eigenvalue weighted by Gasteiger charge is -2.17. The molecule has 158 valence electrons. The quantitative estimate of drug-likeness (QED) is 0.428. The Labute approximate surface area is 175 Å². The maximum absolute atomic E-state index is 12.5. The first kappa shape index (κ1) is 22.7. The van der Waals surface area contributed by atoms with Crippen molar-refractivity contribution in [2.45, 2.75) is 45.3 Å². The van der Waals surface area contributed by atoms with Gasteiger partial charge in [-0.2, -0.15) is 0 Å². The van der Waals surface area contributed by atoms with Gasteiger partial charge in [0.15, 0.2) is 11.2 Å². The van der Waals surface area contributed by atoms with Crippen molar-refractivity contribution in [3.05, 3.63) is 57.0 Å². The zero-order valence-corrected chi connectivity index (χ0v) is 17.9. The van der Waals surface area contributed by atoms with Crippen LogP contribution in [0.2, 0.25) is 0 Å². The lowest BCUT2D eigenvalue weighted by atomic mass is 10.1. The number of nitrogens with two attached hydrogens (primary N) is 1. The molecular weight excluding hydrogens is 394 g/mol. The number of aryl methyl sites for hydroxylation is 2. The molecule has 2 unspecified atom stereocenters. The number of hydrogen-bond acceptors (Lipinski definition) is 4. The second kappa shape index (κ2) is 9.28. The summed E-state index contributed by atoms with van der Waals surface area (Å²) in [4.78, 5) is 28.8. The first-order valence-corrected chi connectivity index (χ1v) is 9.51. The molecule has 0 aliphatic heterocycles. The molecule has 2 heterocycles. The molecule has 0 bridgehead atoms. The van der Waals surface area contributed by atoms with Gasteiger partial charge in [0.1, 0.15) is 5.75 Å². The molecule has 0 aliphatic carbocycles. The van der Waals surface area contributed by atoms with Crippen molar-refractivity contribution in [2.24, 2.45) is 14.1 Å². The van der Waals surface area contributed by atoms with Crippen molar-refractivity contribution in [1.82, 2.24) is 18.7 Å². The zero-order valence-electron chi connectivity index (χ0n) is 17.2. The van der Waals surface area contributed by atoms with Crippen molar-refractivity contribution in [1.29, 1.82) is 0 Å². The molecule has 0 radical (unpaired) electrons. The summed E-state index contributed by atoms with van der Waals surface area (Å²) in [6.45, 7) is 5.01. The highest BCUT2D eigenvalue weighted by molar-refractivity contribution is 5.69. The number of nitrogens with zero attached hydrogens (tertiary/aromatic N) is 4. The fourth-order valence-electron chi connectivity index (χ4n) is 3.64. The van der Waals surface area contributed by atoms with Crippen LogP contribution in [0.3, 0.4) is 0 Å². The molecule has 3 aromatic rings. The number of quaternary nitrogens is 1. The molecule has 9 heteroatoms. The SMILES string of the molecule is CC(CCn1cnc2c1c(=O)n(C)c(=O)n2C)[NH2+]C(C)Cc1ccc(O)cc1.[Cl-]. The third-order valence-electron chi connectivity index (χ3n) is 5.19. The second-order valence-corrected chi connectivity index (χ2v) is 7.62. The van der Waals surface area contributed by atoms with E-state index in [1.165, 1.54) is 17.2 Å². The van der Waals surface area contributed by atoms with E-state index < -0.39 is 0 Å². The van der Waals surface area contributed by atoms with Crippen molar-refractivity contribution >= 4 is 11.2 Å². The van der Waals surface area contributed by atoms with E-state index >= 15 is 0 Å². The Morgan fingerprint density at radius 2 is 1.72 bits per heavy atom. The van der Waals surface area contributed by atoms with Crippen molar-refractivity contribution in [2.75, 3.05) is 0 Å². The van der Waals surface area contributed by atoms with Gasteiger partial charge in [-0.15, -0.1) is 0 Å². The Morgan fingerprint density at radius 1 is 1.07 bits per heavy atom. The normalized spacial score (nSPS) is 13.2. The number of phenols is 1. The summed E-state index contributed by atoms with van der Waals surface area (Å²) in [6, 6.07) is 8.07. The molecule has 0 fully saturated rings. The number of benzene rings is 1. The van der Waals surface area contributed by atoms with Crippen LogP contribution >= 0.6 is 0 Å². The van der Waals surface area contributed by atoms with Gasteiger partial charge in [0.25, 0.3) is 5.56 Å². The minimum atomic E-state index is -0.368. The maximum Gasteiger partial charge on any atom is 0.332 e. The number of phenolic OH excluding ortho intramolecular Hbond substituents is 1. The van der Waals surface area contributed by atoms with Crippen LogP contribution in [-0.4, -0.2) is 35.9 Å². The largest absolute Gasteiger partial charge is 1.00 e. The monoisotopic (exact) mass is 421 g/mol. The number of aromatic hydroxyl groups is 1. The Kier molecular flexibility index (Phi) is 7.26. The van der Waals surface area contributed by atoms with Crippen molar-refractivity contribution in [3.63, 3.8) is 0 Å². The highest BCUT2D eigenvalue weighted by Crippen LogP contribution is 2.11. The molecule has 0 aliphatic rings. The first-order valence-electron chi connectivity index (χ1n) is 9.51. The topological polar surface area (TPSA) is 98.7 Å². The Hall–Kier alpha value is -2.58. The molecule has 0 amide bonds. The van der Waals surface area contributed by atoms with Gasteiger partial charge in [-0.1, -0.05) is 12.1 Å². The smallest absolute Gasteiger partial charge is 0.332 e. The molecule has 1 aromatic carbocycles. The van der Waals surface area contributed by atoms with Gasteiger partial charge in [0.2, 0.25) is 0 Å². The number of rotatable bonds is 7. The average molecular weight is 422 g/mol. The van der Waals surface area contributed by atoms with Crippen LogP contribution in [0.4, 0.5) is 0 Å². The third-order valence-corrected chi connectivity index (χ3v) is 5.19. The summed E-state index contributed by atoms with van der Waals surface area (Å²) in [5.41, 5.74) is 1.40. The Balaban J connectivity index is 0.00000300. The number of halogens is 1. The minimum absolute atomic E-state index is 0. The highest BCUT2D eigenvalue weighted by atomic mass is 35.5. The summed E-state index contributed by atoms with van der Waals surface area (Å²) in [7, 11) is 3.12. The number of hydrogen-bond donors (Lipinski definition) is 2. The molecule has 2 aromatic heterocycles. The van der Waals surface area contributed by atoms with E-state index in [0.29, 0.717) is 29.8 Å². The van der Waals surface area contributed by atoms with Crippen molar-refractivity contribution in [3.8, 4) is 5.75 Å². The Bertz CT molecular complexity index is 1080. The van der Waals surface area contributed by atoms with Crippen LogP contribution in [-0.2, 0) is 27.1 Å². The number of imidazole rings is 1. The zero-order chi connectivity index (χ0) is 20.4. The van der Waals surface area contributed by atoms with Gasteiger partial charge < -0.3 is 27.4 Å². The standard InChI is InChI=1S/C20H27N5O3.ClH/c1-13(22-14(2)11-15-5-7-16(26)8-6-15)9-10-25-12-21-18-17(25)19(27)24(4)20(28)23(18)3;/h5-8,12-14,22,26H,9-11H2,1-4H3;1H.